The van der Waals surface area contributed by atoms with Crippen LogP contribution in [-0.2, 0) is 17.8 Å². The maximum absolute atomic E-state index is 12.9. The Morgan fingerprint density at radius 3 is 2.81 bits per heavy atom. The summed E-state index contributed by atoms with van der Waals surface area (Å²) >= 11 is 0. The zero-order valence-corrected chi connectivity index (χ0v) is 14.6. The Morgan fingerprint density at radius 2 is 2.12 bits per heavy atom. The molecular formula is C17H19N5O4. The highest BCUT2D eigenvalue weighted by molar-refractivity contribution is 6.09. The highest BCUT2D eigenvalue weighted by atomic mass is 16.5. The van der Waals surface area contributed by atoms with Crippen LogP contribution in [-0.4, -0.2) is 46.5 Å². The quantitative estimate of drug-likeness (QED) is 0.865. The van der Waals surface area contributed by atoms with Crippen LogP contribution in [0.2, 0.25) is 0 Å². The molecule has 136 valence electrons. The number of amides is 4. The van der Waals surface area contributed by atoms with Crippen molar-refractivity contribution in [3.8, 4) is 0 Å². The van der Waals surface area contributed by atoms with E-state index in [4.69, 9.17) is 4.52 Å². The lowest BCUT2D eigenvalue weighted by molar-refractivity contribution is -0.120. The number of aromatic nitrogens is 2. The predicted molar refractivity (Wildman–Crippen MR) is 91.4 cm³/mol. The molecule has 4 amide bonds. The van der Waals surface area contributed by atoms with E-state index in [1.807, 2.05) is 6.92 Å². The van der Waals surface area contributed by atoms with E-state index in [2.05, 4.69) is 15.5 Å². The SMILES string of the molecule is CCc1nc(CN(C)C(=O)c2ccccc2N2CCC(=O)NC2=O)no1. The second-order valence-corrected chi connectivity index (χ2v) is 5.89. The number of nitrogens with zero attached hydrogens (tertiary/aromatic N) is 4. The fraction of sp³-hybridized carbons (Fsp3) is 0.353. The van der Waals surface area contributed by atoms with Crippen LogP contribution >= 0.6 is 0 Å². The molecular weight excluding hydrogens is 338 g/mol. The summed E-state index contributed by atoms with van der Waals surface area (Å²) in [6.45, 7) is 2.31. The van der Waals surface area contributed by atoms with Crippen LogP contribution < -0.4 is 10.2 Å². The summed E-state index contributed by atoms with van der Waals surface area (Å²) < 4.78 is 5.05. The first kappa shape index (κ1) is 17.6. The number of hydrogen-bond donors (Lipinski definition) is 1. The zero-order chi connectivity index (χ0) is 18.7. The van der Waals surface area contributed by atoms with E-state index >= 15 is 0 Å². The highest BCUT2D eigenvalue weighted by Crippen LogP contribution is 2.24. The lowest BCUT2D eigenvalue weighted by Gasteiger charge is -2.28. The van der Waals surface area contributed by atoms with E-state index in [0.29, 0.717) is 29.4 Å². The molecule has 3 rings (SSSR count). The molecule has 1 fully saturated rings. The van der Waals surface area contributed by atoms with Crippen LogP contribution in [0.3, 0.4) is 0 Å². The van der Waals surface area contributed by atoms with E-state index < -0.39 is 6.03 Å². The second kappa shape index (κ2) is 7.34. The molecule has 0 aliphatic carbocycles. The normalized spacial score (nSPS) is 14.3. The highest BCUT2D eigenvalue weighted by Gasteiger charge is 2.28. The summed E-state index contributed by atoms with van der Waals surface area (Å²) in [6.07, 6.45) is 0.809. The van der Waals surface area contributed by atoms with Crippen LogP contribution in [0.4, 0.5) is 10.5 Å². The minimum Gasteiger partial charge on any atom is -0.339 e. The number of urea groups is 1. The number of imide groups is 1. The number of anilines is 1. The van der Waals surface area contributed by atoms with E-state index in [1.165, 1.54) is 9.80 Å². The lowest BCUT2D eigenvalue weighted by atomic mass is 10.1. The largest absolute Gasteiger partial charge is 0.339 e. The minimum absolute atomic E-state index is 0.182. The summed E-state index contributed by atoms with van der Waals surface area (Å²) in [5, 5.41) is 6.11. The van der Waals surface area contributed by atoms with Gasteiger partial charge in [0.1, 0.15) is 0 Å². The molecule has 1 saturated heterocycles. The number of carbonyl (C=O) groups is 3. The second-order valence-electron chi connectivity index (χ2n) is 5.89. The third kappa shape index (κ3) is 3.56. The molecule has 0 unspecified atom stereocenters. The van der Waals surface area contributed by atoms with Gasteiger partial charge in [-0.15, -0.1) is 0 Å². The van der Waals surface area contributed by atoms with Crippen LogP contribution in [0.25, 0.3) is 0 Å². The van der Waals surface area contributed by atoms with Crippen LogP contribution in [0.1, 0.15) is 35.4 Å². The molecule has 1 aromatic carbocycles. The van der Waals surface area contributed by atoms with E-state index in [1.54, 1.807) is 31.3 Å². The molecule has 2 aromatic rings. The van der Waals surface area contributed by atoms with Gasteiger partial charge in [-0.05, 0) is 12.1 Å². The van der Waals surface area contributed by atoms with Gasteiger partial charge in [0.25, 0.3) is 5.91 Å². The summed E-state index contributed by atoms with van der Waals surface area (Å²) in [4.78, 5) is 43.4. The average Bonchev–Trinajstić information content (AvgIpc) is 3.09. The standard InChI is InChI=1S/C17H19N5O4/c1-3-15-18-13(20-26-15)10-21(2)16(24)11-6-4-5-7-12(11)22-9-8-14(23)19-17(22)25/h4-7H,3,8-10H2,1-2H3,(H,19,23,25). The molecule has 1 aromatic heterocycles. The smallest absolute Gasteiger partial charge is 0.328 e. The number of benzene rings is 1. The zero-order valence-electron chi connectivity index (χ0n) is 14.6. The van der Waals surface area contributed by atoms with Crippen LogP contribution in [0.5, 0.6) is 0 Å². The molecule has 9 heteroatoms. The molecule has 0 bridgehead atoms. The van der Waals surface area contributed by atoms with Gasteiger partial charge < -0.3 is 9.42 Å². The monoisotopic (exact) mass is 357 g/mol. The number of rotatable bonds is 5. The number of nitrogens with one attached hydrogen (secondary N) is 1. The van der Waals surface area contributed by atoms with E-state index in [-0.39, 0.29) is 31.3 Å². The van der Waals surface area contributed by atoms with Crippen LogP contribution in [0.15, 0.2) is 28.8 Å². The van der Waals surface area contributed by atoms with Crippen molar-refractivity contribution >= 4 is 23.5 Å². The number of hydrogen-bond acceptors (Lipinski definition) is 6. The van der Waals surface area contributed by atoms with Crippen molar-refractivity contribution in [3.05, 3.63) is 41.5 Å². The van der Waals surface area contributed by atoms with E-state index in [9.17, 15) is 14.4 Å². The van der Waals surface area contributed by atoms with Crippen molar-refractivity contribution in [1.82, 2.24) is 20.4 Å². The molecule has 0 atom stereocenters. The third-order valence-corrected chi connectivity index (χ3v) is 4.02. The molecule has 2 heterocycles. The topological polar surface area (TPSA) is 109 Å². The van der Waals surface area contributed by atoms with Gasteiger partial charge in [0, 0.05) is 26.4 Å². The summed E-state index contributed by atoms with van der Waals surface area (Å²) in [6, 6.07) is 6.25. The summed E-state index contributed by atoms with van der Waals surface area (Å²) in [5.41, 5.74) is 0.815. The van der Waals surface area contributed by atoms with E-state index in [0.717, 1.165) is 0 Å². The van der Waals surface area contributed by atoms with Crippen LogP contribution in [0, 0.1) is 0 Å². The molecule has 0 saturated carbocycles. The molecule has 1 N–H and O–H groups in total. The average molecular weight is 357 g/mol. The van der Waals surface area contributed by atoms with Gasteiger partial charge in [0.15, 0.2) is 5.82 Å². The fourth-order valence-corrected chi connectivity index (χ4v) is 2.67. The Hall–Kier alpha value is -3.23. The third-order valence-electron chi connectivity index (χ3n) is 4.02. The van der Waals surface area contributed by atoms with Gasteiger partial charge in [-0.3, -0.25) is 19.8 Å². The number of carbonyl (C=O) groups excluding carboxylic acids is 3. The molecule has 1 aliphatic rings. The number of para-hydroxylation sites is 1. The van der Waals surface area contributed by atoms with Gasteiger partial charge in [-0.25, -0.2) is 4.79 Å². The maximum Gasteiger partial charge on any atom is 0.328 e. The Labute approximate surface area is 150 Å². The Bertz CT molecular complexity index is 847. The predicted octanol–water partition coefficient (Wildman–Crippen LogP) is 1.35. The number of aryl methyl sites for hydroxylation is 1. The van der Waals surface area contributed by atoms with Gasteiger partial charge >= 0.3 is 6.03 Å². The van der Waals surface area contributed by atoms with Crippen molar-refractivity contribution in [2.75, 3.05) is 18.5 Å². The van der Waals surface area contributed by atoms with Gasteiger partial charge in [-0.2, -0.15) is 4.98 Å². The van der Waals surface area contributed by atoms with Crippen molar-refractivity contribution in [1.29, 1.82) is 0 Å². The lowest BCUT2D eigenvalue weighted by Crippen LogP contribution is -2.50. The molecule has 26 heavy (non-hydrogen) atoms. The van der Waals surface area contributed by atoms with Gasteiger partial charge in [0.05, 0.1) is 17.8 Å². The Kier molecular flexibility index (Phi) is 4.97. The van der Waals surface area contributed by atoms with Gasteiger partial charge in [0.2, 0.25) is 11.8 Å². The van der Waals surface area contributed by atoms with Gasteiger partial charge in [-0.1, -0.05) is 24.2 Å². The Balaban J connectivity index is 1.81. The minimum atomic E-state index is -0.532. The molecule has 0 radical (unpaired) electrons. The van der Waals surface area contributed by atoms with Crippen molar-refractivity contribution in [2.45, 2.75) is 26.3 Å². The first-order chi connectivity index (χ1) is 12.5. The fourth-order valence-electron chi connectivity index (χ4n) is 2.67. The van der Waals surface area contributed by atoms with Crippen molar-refractivity contribution < 1.29 is 18.9 Å². The molecule has 9 nitrogen and oxygen atoms in total. The van der Waals surface area contributed by atoms with Crippen molar-refractivity contribution in [2.24, 2.45) is 0 Å². The maximum atomic E-state index is 12.9. The summed E-state index contributed by atoms with van der Waals surface area (Å²) in [7, 11) is 1.63. The van der Waals surface area contributed by atoms with Crippen molar-refractivity contribution in [3.63, 3.8) is 0 Å². The Morgan fingerprint density at radius 1 is 1.35 bits per heavy atom. The molecule has 0 spiro atoms. The first-order valence-corrected chi connectivity index (χ1v) is 8.27. The first-order valence-electron chi connectivity index (χ1n) is 8.27. The molecule has 1 aliphatic heterocycles. The summed E-state index contributed by atoms with van der Waals surface area (Å²) in [5.74, 6) is 0.316.